The molecule has 2 rings (SSSR count). The average Bonchev–Trinajstić information content (AvgIpc) is 2.60. The van der Waals surface area contributed by atoms with E-state index in [0.717, 1.165) is 18.5 Å². The smallest absolute Gasteiger partial charge is 0.143 e. The largest absolute Gasteiger partial charge is 0.506 e. The van der Waals surface area contributed by atoms with Gasteiger partial charge < -0.3 is 9.67 Å². The third kappa shape index (κ3) is 1.45. The Labute approximate surface area is 83.0 Å². The Balaban J connectivity index is 2.42. The number of nitrogens with zero attached hydrogens (tertiary/aromatic N) is 2. The van der Waals surface area contributed by atoms with E-state index in [2.05, 4.69) is 16.5 Å². The van der Waals surface area contributed by atoms with E-state index in [1.807, 2.05) is 12.1 Å². The topological polar surface area (TPSA) is 38.0 Å². The number of rotatable bonds is 3. The lowest BCUT2D eigenvalue weighted by molar-refractivity contribution is 0.480. The van der Waals surface area contributed by atoms with Crippen LogP contribution in [0.4, 0.5) is 0 Å². The third-order valence-corrected chi connectivity index (χ3v) is 2.38. The van der Waals surface area contributed by atoms with E-state index in [1.165, 1.54) is 6.42 Å². The number of aromatic hydroxyl groups is 1. The van der Waals surface area contributed by atoms with Gasteiger partial charge in [0, 0.05) is 6.54 Å². The van der Waals surface area contributed by atoms with Crippen molar-refractivity contribution in [3.63, 3.8) is 0 Å². The Morgan fingerprint density at radius 2 is 2.29 bits per heavy atom. The number of fused-ring (bicyclic) bond motifs is 1. The molecule has 0 amide bonds. The van der Waals surface area contributed by atoms with Gasteiger partial charge in [0.25, 0.3) is 0 Å². The molecule has 2 aromatic rings. The number of phenols is 1. The summed E-state index contributed by atoms with van der Waals surface area (Å²) in [4.78, 5) is 4.18. The Bertz CT molecular complexity index is 434. The summed E-state index contributed by atoms with van der Waals surface area (Å²) in [5.74, 6) is 0.262. The highest BCUT2D eigenvalue weighted by molar-refractivity contribution is 5.81. The van der Waals surface area contributed by atoms with Gasteiger partial charge in [0.15, 0.2) is 0 Å². The lowest BCUT2D eigenvalue weighted by Crippen LogP contribution is -1.94. The second kappa shape index (κ2) is 3.70. The summed E-state index contributed by atoms with van der Waals surface area (Å²) in [5.41, 5.74) is 1.71. The number of aryl methyl sites for hydroxylation is 1. The normalized spacial score (nSPS) is 10.9. The molecule has 0 aliphatic carbocycles. The standard InChI is InChI=1S/C11H14N2O/c1-2-3-7-13-8-12-11-9(13)5-4-6-10(11)14/h4-6,8,14H,2-3,7H2,1H3. The van der Waals surface area contributed by atoms with E-state index < -0.39 is 0 Å². The van der Waals surface area contributed by atoms with Crippen molar-refractivity contribution in [2.24, 2.45) is 0 Å². The number of aromatic nitrogens is 2. The third-order valence-electron chi connectivity index (χ3n) is 2.38. The molecule has 1 aromatic heterocycles. The highest BCUT2D eigenvalue weighted by atomic mass is 16.3. The molecule has 0 spiro atoms. The van der Waals surface area contributed by atoms with Crippen molar-refractivity contribution < 1.29 is 5.11 Å². The first-order chi connectivity index (χ1) is 6.83. The molecule has 0 atom stereocenters. The van der Waals surface area contributed by atoms with E-state index in [9.17, 15) is 5.11 Å². The molecule has 0 aliphatic rings. The molecule has 0 aliphatic heterocycles. The molecule has 0 saturated carbocycles. The van der Waals surface area contributed by atoms with Crippen molar-refractivity contribution in [1.82, 2.24) is 9.55 Å². The van der Waals surface area contributed by atoms with Gasteiger partial charge in [-0.25, -0.2) is 4.98 Å². The molecule has 74 valence electrons. The zero-order valence-corrected chi connectivity index (χ0v) is 8.27. The Kier molecular flexibility index (Phi) is 2.39. The molecule has 0 radical (unpaired) electrons. The van der Waals surface area contributed by atoms with Crippen LogP contribution in [-0.4, -0.2) is 14.7 Å². The van der Waals surface area contributed by atoms with Gasteiger partial charge in [-0.1, -0.05) is 19.4 Å². The van der Waals surface area contributed by atoms with Crippen LogP contribution in [0.15, 0.2) is 24.5 Å². The van der Waals surface area contributed by atoms with E-state index in [1.54, 1.807) is 12.4 Å². The Morgan fingerprint density at radius 3 is 3.07 bits per heavy atom. The molecule has 0 fully saturated rings. The van der Waals surface area contributed by atoms with Crippen molar-refractivity contribution >= 4 is 11.0 Å². The predicted octanol–water partition coefficient (Wildman–Crippen LogP) is 2.54. The van der Waals surface area contributed by atoms with Crippen LogP contribution in [0.3, 0.4) is 0 Å². The molecule has 1 heterocycles. The van der Waals surface area contributed by atoms with Gasteiger partial charge >= 0.3 is 0 Å². The molecular weight excluding hydrogens is 176 g/mol. The number of unbranched alkanes of at least 4 members (excludes halogenated alkanes) is 1. The van der Waals surface area contributed by atoms with E-state index in [-0.39, 0.29) is 5.75 Å². The Morgan fingerprint density at radius 1 is 1.43 bits per heavy atom. The van der Waals surface area contributed by atoms with Crippen LogP contribution in [0.1, 0.15) is 19.8 Å². The molecule has 1 N–H and O–H groups in total. The SMILES string of the molecule is CCCCn1cnc2c(O)cccc21. The highest BCUT2D eigenvalue weighted by Crippen LogP contribution is 2.22. The fraction of sp³-hybridized carbons (Fsp3) is 0.364. The number of para-hydroxylation sites is 1. The first-order valence-electron chi connectivity index (χ1n) is 4.95. The summed E-state index contributed by atoms with van der Waals surface area (Å²) >= 11 is 0. The summed E-state index contributed by atoms with van der Waals surface area (Å²) in [6.07, 6.45) is 4.10. The number of hydrogen-bond donors (Lipinski definition) is 1. The predicted molar refractivity (Wildman–Crippen MR) is 56.3 cm³/mol. The summed E-state index contributed by atoms with van der Waals surface area (Å²) in [6.45, 7) is 3.13. The number of imidazole rings is 1. The van der Waals surface area contributed by atoms with Gasteiger partial charge in [0.05, 0.1) is 11.8 Å². The zero-order chi connectivity index (χ0) is 9.97. The van der Waals surface area contributed by atoms with Crippen LogP contribution < -0.4 is 0 Å². The molecule has 0 saturated heterocycles. The van der Waals surface area contributed by atoms with Gasteiger partial charge in [0.1, 0.15) is 11.3 Å². The fourth-order valence-electron chi connectivity index (χ4n) is 1.58. The minimum atomic E-state index is 0.262. The van der Waals surface area contributed by atoms with Crippen molar-refractivity contribution in [2.75, 3.05) is 0 Å². The van der Waals surface area contributed by atoms with E-state index >= 15 is 0 Å². The van der Waals surface area contributed by atoms with Crippen LogP contribution >= 0.6 is 0 Å². The zero-order valence-electron chi connectivity index (χ0n) is 8.27. The Hall–Kier alpha value is -1.51. The molecule has 14 heavy (non-hydrogen) atoms. The fourth-order valence-corrected chi connectivity index (χ4v) is 1.58. The van der Waals surface area contributed by atoms with Crippen molar-refractivity contribution in [3.05, 3.63) is 24.5 Å². The van der Waals surface area contributed by atoms with Gasteiger partial charge in [-0.3, -0.25) is 0 Å². The minimum absolute atomic E-state index is 0.262. The maximum Gasteiger partial charge on any atom is 0.143 e. The molecule has 3 nitrogen and oxygen atoms in total. The van der Waals surface area contributed by atoms with Crippen LogP contribution in [0.2, 0.25) is 0 Å². The molecular formula is C11H14N2O. The van der Waals surface area contributed by atoms with Crippen LogP contribution in [-0.2, 0) is 6.54 Å². The van der Waals surface area contributed by atoms with Crippen LogP contribution in [0.25, 0.3) is 11.0 Å². The monoisotopic (exact) mass is 190 g/mol. The summed E-state index contributed by atoms with van der Waals surface area (Å²) < 4.78 is 2.08. The van der Waals surface area contributed by atoms with Crippen molar-refractivity contribution in [1.29, 1.82) is 0 Å². The number of benzene rings is 1. The van der Waals surface area contributed by atoms with Gasteiger partial charge in [-0.2, -0.15) is 0 Å². The van der Waals surface area contributed by atoms with E-state index in [4.69, 9.17) is 0 Å². The number of hydrogen-bond acceptors (Lipinski definition) is 2. The molecule has 0 unspecified atom stereocenters. The average molecular weight is 190 g/mol. The van der Waals surface area contributed by atoms with Crippen LogP contribution in [0.5, 0.6) is 5.75 Å². The maximum absolute atomic E-state index is 9.53. The van der Waals surface area contributed by atoms with Gasteiger partial charge in [-0.05, 0) is 18.6 Å². The molecule has 3 heteroatoms. The first-order valence-corrected chi connectivity index (χ1v) is 4.95. The summed E-state index contributed by atoms with van der Waals surface area (Å²) in [6, 6.07) is 5.50. The first kappa shape index (κ1) is 9.06. The second-order valence-electron chi connectivity index (χ2n) is 3.44. The number of phenolic OH excluding ortho intramolecular Hbond substituents is 1. The van der Waals surface area contributed by atoms with E-state index in [0.29, 0.717) is 5.52 Å². The maximum atomic E-state index is 9.53. The van der Waals surface area contributed by atoms with Crippen molar-refractivity contribution in [3.8, 4) is 5.75 Å². The lowest BCUT2D eigenvalue weighted by atomic mass is 10.3. The summed E-state index contributed by atoms with van der Waals surface area (Å²) in [7, 11) is 0. The molecule has 1 aromatic carbocycles. The second-order valence-corrected chi connectivity index (χ2v) is 3.44. The lowest BCUT2D eigenvalue weighted by Gasteiger charge is -2.02. The highest BCUT2D eigenvalue weighted by Gasteiger charge is 2.04. The quantitative estimate of drug-likeness (QED) is 0.807. The van der Waals surface area contributed by atoms with Crippen molar-refractivity contribution in [2.45, 2.75) is 26.3 Å². The van der Waals surface area contributed by atoms with Gasteiger partial charge in [-0.15, -0.1) is 0 Å². The minimum Gasteiger partial charge on any atom is -0.506 e. The molecule has 0 bridgehead atoms. The van der Waals surface area contributed by atoms with Gasteiger partial charge in [0.2, 0.25) is 0 Å². The van der Waals surface area contributed by atoms with Crippen LogP contribution in [0, 0.1) is 0 Å². The summed E-state index contributed by atoms with van der Waals surface area (Å²) in [5, 5.41) is 9.53.